The standard InChI is InChI=1S/C11H11NS/c1-8-5-10(7-12-6-8)11-9(2)3-4-13-11/h3-7H,1-2H3. The Balaban J connectivity index is 2.53. The molecule has 0 fully saturated rings. The van der Waals surface area contributed by atoms with Crippen LogP contribution in [-0.4, -0.2) is 4.98 Å². The van der Waals surface area contributed by atoms with Gasteiger partial charge in [-0.1, -0.05) is 0 Å². The van der Waals surface area contributed by atoms with Crippen LogP contribution in [0.4, 0.5) is 0 Å². The second kappa shape index (κ2) is 3.30. The van der Waals surface area contributed by atoms with Gasteiger partial charge < -0.3 is 0 Å². The van der Waals surface area contributed by atoms with Gasteiger partial charge in [-0.2, -0.15) is 0 Å². The van der Waals surface area contributed by atoms with E-state index in [0.29, 0.717) is 0 Å². The maximum Gasteiger partial charge on any atom is 0.0387 e. The molecule has 2 aromatic heterocycles. The third kappa shape index (κ3) is 1.63. The SMILES string of the molecule is Cc1cncc(-c2sccc2C)c1. The Kier molecular flexibility index (Phi) is 2.15. The molecule has 2 heterocycles. The topological polar surface area (TPSA) is 12.9 Å². The monoisotopic (exact) mass is 189 g/mol. The van der Waals surface area contributed by atoms with Gasteiger partial charge in [-0.05, 0) is 42.5 Å². The highest BCUT2D eigenvalue weighted by Gasteiger charge is 2.02. The van der Waals surface area contributed by atoms with Gasteiger partial charge in [0.2, 0.25) is 0 Å². The van der Waals surface area contributed by atoms with E-state index in [1.165, 1.54) is 21.6 Å². The molecule has 2 heteroatoms. The summed E-state index contributed by atoms with van der Waals surface area (Å²) in [5.74, 6) is 0. The molecule has 0 aromatic carbocycles. The van der Waals surface area contributed by atoms with Crippen molar-refractivity contribution in [1.82, 2.24) is 4.98 Å². The molecule has 0 aliphatic heterocycles. The van der Waals surface area contributed by atoms with Gasteiger partial charge in [0.1, 0.15) is 0 Å². The lowest BCUT2D eigenvalue weighted by atomic mass is 10.1. The molecular weight excluding hydrogens is 178 g/mol. The molecule has 0 aliphatic carbocycles. The zero-order chi connectivity index (χ0) is 9.26. The lowest BCUT2D eigenvalue weighted by molar-refractivity contribution is 1.27. The second-order valence-electron chi connectivity index (χ2n) is 3.18. The van der Waals surface area contributed by atoms with Gasteiger partial charge in [0.15, 0.2) is 0 Å². The van der Waals surface area contributed by atoms with Gasteiger partial charge in [-0.25, -0.2) is 0 Å². The van der Waals surface area contributed by atoms with Crippen LogP contribution >= 0.6 is 11.3 Å². The summed E-state index contributed by atoms with van der Waals surface area (Å²) >= 11 is 1.77. The molecular formula is C11H11NS. The van der Waals surface area contributed by atoms with Gasteiger partial charge in [-0.15, -0.1) is 11.3 Å². The van der Waals surface area contributed by atoms with Crippen LogP contribution in [0.1, 0.15) is 11.1 Å². The number of hydrogen-bond acceptors (Lipinski definition) is 2. The van der Waals surface area contributed by atoms with E-state index in [4.69, 9.17) is 0 Å². The van der Waals surface area contributed by atoms with Crippen molar-refractivity contribution in [2.45, 2.75) is 13.8 Å². The van der Waals surface area contributed by atoms with Crippen molar-refractivity contribution in [3.63, 3.8) is 0 Å². The molecule has 66 valence electrons. The molecule has 1 nitrogen and oxygen atoms in total. The molecule has 2 rings (SSSR count). The van der Waals surface area contributed by atoms with Crippen molar-refractivity contribution < 1.29 is 0 Å². The number of pyridine rings is 1. The molecule has 0 unspecified atom stereocenters. The second-order valence-corrected chi connectivity index (χ2v) is 4.10. The van der Waals surface area contributed by atoms with Gasteiger partial charge >= 0.3 is 0 Å². The Morgan fingerprint density at radius 1 is 1.23 bits per heavy atom. The van der Waals surface area contributed by atoms with Crippen molar-refractivity contribution in [2.75, 3.05) is 0 Å². The predicted octanol–water partition coefficient (Wildman–Crippen LogP) is 3.43. The van der Waals surface area contributed by atoms with Crippen LogP contribution < -0.4 is 0 Å². The number of rotatable bonds is 1. The summed E-state index contributed by atoms with van der Waals surface area (Å²) in [7, 11) is 0. The normalized spacial score (nSPS) is 10.3. The first kappa shape index (κ1) is 8.45. The number of nitrogens with zero attached hydrogens (tertiary/aromatic N) is 1. The molecule has 0 bridgehead atoms. The van der Waals surface area contributed by atoms with E-state index in [0.717, 1.165) is 0 Å². The van der Waals surface area contributed by atoms with Crippen molar-refractivity contribution in [3.05, 3.63) is 41.0 Å². The van der Waals surface area contributed by atoms with Crippen LogP contribution in [0.3, 0.4) is 0 Å². The quantitative estimate of drug-likeness (QED) is 0.669. The summed E-state index contributed by atoms with van der Waals surface area (Å²) in [6.45, 7) is 4.20. The van der Waals surface area contributed by atoms with E-state index in [-0.39, 0.29) is 0 Å². The zero-order valence-corrected chi connectivity index (χ0v) is 8.56. The summed E-state index contributed by atoms with van der Waals surface area (Å²) in [5, 5.41) is 2.12. The Labute approximate surface area is 82.1 Å². The van der Waals surface area contributed by atoms with Gasteiger partial charge in [0.25, 0.3) is 0 Å². The van der Waals surface area contributed by atoms with Crippen LogP contribution in [0.25, 0.3) is 10.4 Å². The van der Waals surface area contributed by atoms with Gasteiger partial charge in [0, 0.05) is 22.8 Å². The number of thiophene rings is 1. The summed E-state index contributed by atoms with van der Waals surface area (Å²) in [6, 6.07) is 4.31. The van der Waals surface area contributed by atoms with Crippen molar-refractivity contribution in [2.24, 2.45) is 0 Å². The average Bonchev–Trinajstić information content (AvgIpc) is 2.51. The minimum Gasteiger partial charge on any atom is -0.264 e. The third-order valence-electron chi connectivity index (χ3n) is 2.00. The van der Waals surface area contributed by atoms with Crippen LogP contribution in [0, 0.1) is 13.8 Å². The molecule has 0 N–H and O–H groups in total. The molecule has 0 atom stereocenters. The van der Waals surface area contributed by atoms with E-state index < -0.39 is 0 Å². The fourth-order valence-electron chi connectivity index (χ4n) is 1.35. The summed E-state index contributed by atoms with van der Waals surface area (Å²) < 4.78 is 0. The Morgan fingerprint density at radius 3 is 2.69 bits per heavy atom. The largest absolute Gasteiger partial charge is 0.264 e. The molecule has 2 aromatic rings. The first-order valence-corrected chi connectivity index (χ1v) is 5.11. The third-order valence-corrected chi connectivity index (χ3v) is 3.06. The van der Waals surface area contributed by atoms with E-state index in [1.807, 2.05) is 12.4 Å². The van der Waals surface area contributed by atoms with Gasteiger partial charge in [0.05, 0.1) is 0 Å². The first-order chi connectivity index (χ1) is 6.27. The van der Waals surface area contributed by atoms with Crippen LogP contribution in [0.15, 0.2) is 29.9 Å². The Morgan fingerprint density at radius 2 is 2.08 bits per heavy atom. The van der Waals surface area contributed by atoms with Crippen molar-refractivity contribution >= 4 is 11.3 Å². The molecule has 0 aliphatic rings. The predicted molar refractivity (Wildman–Crippen MR) is 57.0 cm³/mol. The lowest BCUT2D eigenvalue weighted by Crippen LogP contribution is -1.80. The smallest absolute Gasteiger partial charge is 0.0387 e. The van der Waals surface area contributed by atoms with E-state index >= 15 is 0 Å². The van der Waals surface area contributed by atoms with Crippen LogP contribution in [0.2, 0.25) is 0 Å². The van der Waals surface area contributed by atoms with Crippen LogP contribution in [0.5, 0.6) is 0 Å². The first-order valence-electron chi connectivity index (χ1n) is 4.23. The minimum absolute atomic E-state index is 1.21. The van der Waals surface area contributed by atoms with Crippen molar-refractivity contribution in [1.29, 1.82) is 0 Å². The summed E-state index contributed by atoms with van der Waals surface area (Å²) in [6.07, 6.45) is 3.80. The number of hydrogen-bond donors (Lipinski definition) is 0. The fourth-order valence-corrected chi connectivity index (χ4v) is 2.26. The average molecular weight is 189 g/mol. The zero-order valence-electron chi connectivity index (χ0n) is 7.74. The van der Waals surface area contributed by atoms with E-state index in [2.05, 4.69) is 36.3 Å². The highest BCUT2D eigenvalue weighted by molar-refractivity contribution is 7.13. The summed E-state index contributed by atoms with van der Waals surface area (Å²) in [4.78, 5) is 5.52. The molecule has 0 spiro atoms. The Bertz CT molecular complexity index is 418. The highest BCUT2D eigenvalue weighted by Crippen LogP contribution is 2.28. The highest BCUT2D eigenvalue weighted by atomic mass is 32.1. The lowest BCUT2D eigenvalue weighted by Gasteiger charge is -1.99. The van der Waals surface area contributed by atoms with Crippen LogP contribution in [-0.2, 0) is 0 Å². The van der Waals surface area contributed by atoms with E-state index in [1.54, 1.807) is 11.3 Å². The molecule has 0 radical (unpaired) electrons. The number of aryl methyl sites for hydroxylation is 2. The van der Waals surface area contributed by atoms with Gasteiger partial charge in [-0.3, -0.25) is 4.98 Å². The molecule has 0 saturated heterocycles. The molecule has 0 saturated carbocycles. The van der Waals surface area contributed by atoms with Crippen molar-refractivity contribution in [3.8, 4) is 10.4 Å². The van der Waals surface area contributed by atoms with E-state index in [9.17, 15) is 0 Å². The maximum absolute atomic E-state index is 4.19. The Hall–Kier alpha value is -1.15. The molecule has 0 amide bonds. The molecule has 13 heavy (non-hydrogen) atoms. The maximum atomic E-state index is 4.19. The number of aromatic nitrogens is 1. The fraction of sp³-hybridized carbons (Fsp3) is 0.182. The summed E-state index contributed by atoms with van der Waals surface area (Å²) in [5.41, 5.74) is 3.77. The minimum atomic E-state index is 1.21.